The monoisotopic (exact) mass is 203 g/mol. The van der Waals surface area contributed by atoms with Crippen LogP contribution in [-0.2, 0) is 0 Å². The molecule has 3 heterocycles. The average molecular weight is 203 g/mol. The van der Waals surface area contributed by atoms with Crippen molar-refractivity contribution in [2.45, 2.75) is 0 Å². The second-order valence-corrected chi connectivity index (χ2v) is 2.99. The molecule has 3 aromatic heterocycles. The predicted octanol–water partition coefficient (Wildman–Crippen LogP) is -0.324. The molecule has 0 aliphatic carbocycles. The molecule has 0 radical (unpaired) electrons. The summed E-state index contributed by atoms with van der Waals surface area (Å²) in [6, 6.07) is 1.57. The van der Waals surface area contributed by atoms with E-state index in [1.165, 1.54) is 23.2 Å². The Kier molecular flexibility index (Phi) is 1.34. The largest absolute Gasteiger partial charge is 0.425 e. The molecule has 7 nitrogen and oxygen atoms in total. The zero-order chi connectivity index (χ0) is 10.4. The highest BCUT2D eigenvalue weighted by atomic mass is 16.5. The van der Waals surface area contributed by atoms with Crippen molar-refractivity contribution in [3.05, 3.63) is 35.1 Å². The molecule has 1 N–H and O–H groups in total. The molecule has 0 saturated carbocycles. The number of pyridine rings is 1. The molecule has 0 saturated heterocycles. The van der Waals surface area contributed by atoms with E-state index in [0.717, 1.165) is 0 Å². The van der Waals surface area contributed by atoms with Gasteiger partial charge in [0.05, 0.1) is 10.9 Å². The fourth-order valence-electron chi connectivity index (χ4n) is 1.45. The molecular weight excluding hydrogens is 198 g/mol. The summed E-state index contributed by atoms with van der Waals surface area (Å²) in [4.78, 5) is 19.3. The Hall–Kier alpha value is -2.44. The minimum absolute atomic E-state index is 0.290. The lowest BCUT2D eigenvalue weighted by molar-refractivity contribution is 0.176. The van der Waals surface area contributed by atoms with E-state index in [1.54, 1.807) is 6.07 Å². The van der Waals surface area contributed by atoms with Gasteiger partial charge in [-0.15, -0.1) is 0 Å². The maximum Gasteiger partial charge on any atom is 0.293 e. The highest BCUT2D eigenvalue weighted by molar-refractivity contribution is 5.78. The van der Waals surface area contributed by atoms with E-state index in [2.05, 4.69) is 15.1 Å². The topological polar surface area (TPSA) is 85.3 Å². The molecule has 3 aromatic rings. The van der Waals surface area contributed by atoms with Crippen molar-refractivity contribution in [1.29, 1.82) is 0 Å². The number of hydrogen-bond acceptors (Lipinski definition) is 5. The number of aromatic nitrogens is 5. The van der Waals surface area contributed by atoms with Gasteiger partial charge in [0, 0.05) is 12.4 Å². The van der Waals surface area contributed by atoms with Gasteiger partial charge in [-0.25, -0.2) is 4.98 Å². The second-order valence-electron chi connectivity index (χ2n) is 2.99. The molecule has 0 amide bonds. The molecule has 0 atom stereocenters. The predicted molar refractivity (Wildman–Crippen MR) is 49.7 cm³/mol. The third kappa shape index (κ3) is 0.938. The van der Waals surface area contributed by atoms with Gasteiger partial charge in [-0.05, 0) is 6.07 Å². The van der Waals surface area contributed by atoms with E-state index >= 15 is 0 Å². The van der Waals surface area contributed by atoms with Crippen molar-refractivity contribution in [2.24, 2.45) is 0 Å². The van der Waals surface area contributed by atoms with E-state index in [1.807, 2.05) is 0 Å². The maximum atomic E-state index is 11.5. The lowest BCUT2D eigenvalue weighted by Crippen LogP contribution is -2.17. The van der Waals surface area contributed by atoms with Gasteiger partial charge in [-0.2, -0.15) is 19.3 Å². The number of nitrogens with zero attached hydrogens (tertiary/aromatic N) is 5. The Bertz CT molecular complexity index is 714. The fraction of sp³-hybridized carbons (Fsp3) is 0. The first kappa shape index (κ1) is 7.92. The van der Waals surface area contributed by atoms with Crippen molar-refractivity contribution < 1.29 is 5.21 Å². The van der Waals surface area contributed by atoms with Crippen LogP contribution in [0.25, 0.3) is 16.7 Å². The number of fused-ring (bicyclic) bond motifs is 3. The first-order valence-electron chi connectivity index (χ1n) is 4.17. The zero-order valence-electron chi connectivity index (χ0n) is 7.40. The van der Waals surface area contributed by atoms with Gasteiger partial charge >= 0.3 is 0 Å². The molecule has 0 bridgehead atoms. The van der Waals surface area contributed by atoms with Gasteiger partial charge in [0.25, 0.3) is 11.3 Å². The lowest BCUT2D eigenvalue weighted by atomic mass is 10.3. The number of rotatable bonds is 0. The summed E-state index contributed by atoms with van der Waals surface area (Å²) in [5, 5.41) is 13.4. The zero-order valence-corrected chi connectivity index (χ0v) is 7.40. The Balaban J connectivity index is 2.66. The third-order valence-corrected chi connectivity index (χ3v) is 2.16. The van der Waals surface area contributed by atoms with Crippen LogP contribution >= 0.6 is 0 Å². The van der Waals surface area contributed by atoms with E-state index in [4.69, 9.17) is 0 Å². The fourth-order valence-corrected chi connectivity index (χ4v) is 1.45. The normalized spacial score (nSPS) is 11.2. The average Bonchev–Trinajstić information content (AvgIpc) is 2.71. The van der Waals surface area contributed by atoms with E-state index in [9.17, 15) is 10.0 Å². The van der Waals surface area contributed by atoms with Crippen LogP contribution in [0.1, 0.15) is 0 Å². The summed E-state index contributed by atoms with van der Waals surface area (Å²) in [7, 11) is 0. The van der Waals surface area contributed by atoms with E-state index < -0.39 is 5.56 Å². The van der Waals surface area contributed by atoms with Crippen LogP contribution in [0.3, 0.4) is 0 Å². The first-order valence-corrected chi connectivity index (χ1v) is 4.17. The maximum absolute atomic E-state index is 11.5. The Morgan fingerprint density at radius 2 is 2.20 bits per heavy atom. The summed E-state index contributed by atoms with van der Waals surface area (Å²) in [5.74, 6) is 0.414. The Morgan fingerprint density at radius 1 is 1.33 bits per heavy atom. The Morgan fingerprint density at radius 3 is 3.07 bits per heavy atom. The summed E-state index contributed by atoms with van der Waals surface area (Å²) in [6.45, 7) is 0. The molecule has 0 fully saturated rings. The molecule has 7 heteroatoms. The minimum Gasteiger partial charge on any atom is -0.425 e. The van der Waals surface area contributed by atoms with Gasteiger partial charge in [0.2, 0.25) is 0 Å². The van der Waals surface area contributed by atoms with Crippen molar-refractivity contribution in [3.63, 3.8) is 0 Å². The van der Waals surface area contributed by atoms with Gasteiger partial charge in [0.15, 0.2) is 0 Å². The highest BCUT2D eigenvalue weighted by Gasteiger charge is 2.07. The first-order chi connectivity index (χ1) is 7.27. The van der Waals surface area contributed by atoms with Gasteiger partial charge in [0.1, 0.15) is 6.33 Å². The van der Waals surface area contributed by atoms with Crippen molar-refractivity contribution in [1.82, 2.24) is 24.3 Å². The molecular formula is C8H5N5O2. The molecule has 3 rings (SSSR count). The number of hydrogen-bond donors (Lipinski definition) is 1. The van der Waals surface area contributed by atoms with Crippen LogP contribution in [0, 0.1) is 0 Å². The van der Waals surface area contributed by atoms with Crippen molar-refractivity contribution in [3.8, 4) is 0 Å². The molecule has 0 aliphatic rings. The summed E-state index contributed by atoms with van der Waals surface area (Å²) in [5.41, 5.74) is 0.0326. The van der Waals surface area contributed by atoms with Crippen LogP contribution in [0.2, 0.25) is 0 Å². The third-order valence-electron chi connectivity index (χ3n) is 2.16. The quantitative estimate of drug-likeness (QED) is 0.506. The molecule has 0 aromatic carbocycles. The lowest BCUT2D eigenvalue weighted by Gasteiger charge is -2.00. The van der Waals surface area contributed by atoms with Gasteiger partial charge in [-0.1, -0.05) is 0 Å². The van der Waals surface area contributed by atoms with E-state index in [-0.39, 0.29) is 5.39 Å². The van der Waals surface area contributed by atoms with Crippen LogP contribution in [-0.4, -0.2) is 29.5 Å². The second kappa shape index (κ2) is 2.53. The van der Waals surface area contributed by atoms with Crippen LogP contribution in [0.4, 0.5) is 0 Å². The smallest absolute Gasteiger partial charge is 0.293 e. The Labute approximate surface area is 82.2 Å². The summed E-state index contributed by atoms with van der Waals surface area (Å²) < 4.78 is 1.95. The molecule has 74 valence electrons. The minimum atomic E-state index is -0.530. The molecule has 0 spiro atoms. The van der Waals surface area contributed by atoms with Gasteiger partial charge in [-0.3, -0.25) is 4.79 Å². The molecule has 15 heavy (non-hydrogen) atoms. The van der Waals surface area contributed by atoms with Gasteiger partial charge < -0.3 is 5.21 Å². The van der Waals surface area contributed by atoms with Crippen LogP contribution in [0.5, 0.6) is 0 Å². The molecule has 0 unspecified atom stereocenters. The molecule has 0 aliphatic heterocycles. The van der Waals surface area contributed by atoms with Crippen molar-refractivity contribution in [2.75, 3.05) is 0 Å². The summed E-state index contributed by atoms with van der Waals surface area (Å²) >= 11 is 0. The SMILES string of the molecule is O=c1c2cnc3ncnn3c2ccn1O. The van der Waals surface area contributed by atoms with E-state index in [0.29, 0.717) is 16.0 Å². The highest BCUT2D eigenvalue weighted by Crippen LogP contribution is 2.07. The standard InChI is InChI=1S/C8H5N5O2/c14-7-5-3-9-8-10-4-11-13(8)6(5)1-2-12(7)15/h1-4,15H. The van der Waals surface area contributed by atoms with Crippen molar-refractivity contribution >= 4 is 16.7 Å². The van der Waals surface area contributed by atoms with Crippen LogP contribution in [0.15, 0.2) is 29.6 Å². The van der Waals surface area contributed by atoms with Crippen LogP contribution < -0.4 is 5.56 Å². The summed E-state index contributed by atoms with van der Waals surface area (Å²) in [6.07, 6.45) is 3.98.